The summed E-state index contributed by atoms with van der Waals surface area (Å²) in [4.78, 5) is 3.67. The van der Waals surface area contributed by atoms with E-state index in [0.29, 0.717) is 0 Å². The van der Waals surface area contributed by atoms with Crippen molar-refractivity contribution in [1.82, 2.24) is 4.98 Å². The van der Waals surface area contributed by atoms with Gasteiger partial charge < -0.3 is 0 Å². The summed E-state index contributed by atoms with van der Waals surface area (Å²) in [6.45, 7) is 3.17. The Kier molecular flexibility index (Phi) is 2.44. The molecule has 66 valence electrons. The van der Waals surface area contributed by atoms with E-state index in [0.717, 1.165) is 11.6 Å². The molecule has 13 heavy (non-hydrogen) atoms. The van der Waals surface area contributed by atoms with Crippen LogP contribution in [0.25, 0.3) is 0 Å². The molecule has 1 rings (SSSR count). The maximum absolute atomic E-state index is 11.2. The Labute approximate surface area is 76.1 Å². The molecule has 1 aromatic rings. The minimum Gasteiger partial charge on any atom is -0.244 e. The summed E-state index contributed by atoms with van der Waals surface area (Å²) in [5.74, 6) is 0. The van der Waals surface area contributed by atoms with E-state index in [4.69, 9.17) is 5.26 Å². The SMILES string of the molecule is C=CS(=O)(=O)c1ccc(C#N)nc1. The number of hydrogen-bond acceptors (Lipinski definition) is 4. The Morgan fingerprint density at radius 3 is 2.62 bits per heavy atom. The van der Waals surface area contributed by atoms with E-state index >= 15 is 0 Å². The van der Waals surface area contributed by atoms with E-state index in [2.05, 4.69) is 11.6 Å². The minimum absolute atomic E-state index is 0.0431. The van der Waals surface area contributed by atoms with Crippen molar-refractivity contribution in [3.63, 3.8) is 0 Å². The van der Waals surface area contributed by atoms with Crippen LogP contribution >= 0.6 is 0 Å². The van der Waals surface area contributed by atoms with E-state index < -0.39 is 9.84 Å². The monoisotopic (exact) mass is 194 g/mol. The van der Waals surface area contributed by atoms with Crippen LogP contribution in [0.3, 0.4) is 0 Å². The number of rotatable bonds is 2. The van der Waals surface area contributed by atoms with Gasteiger partial charge in [0.1, 0.15) is 11.8 Å². The molecule has 0 atom stereocenters. The summed E-state index contributed by atoms with van der Waals surface area (Å²) in [6, 6.07) is 4.46. The summed E-state index contributed by atoms with van der Waals surface area (Å²) in [5, 5.41) is 9.25. The number of nitrogens with zero attached hydrogens (tertiary/aromatic N) is 2. The first-order valence-electron chi connectivity index (χ1n) is 3.34. The zero-order chi connectivity index (χ0) is 9.90. The van der Waals surface area contributed by atoms with Gasteiger partial charge in [-0.3, -0.25) is 0 Å². The van der Waals surface area contributed by atoms with Gasteiger partial charge in [-0.2, -0.15) is 5.26 Å². The van der Waals surface area contributed by atoms with Gasteiger partial charge in [0.25, 0.3) is 0 Å². The molecule has 5 heteroatoms. The summed E-state index contributed by atoms with van der Waals surface area (Å²) >= 11 is 0. The predicted molar refractivity (Wildman–Crippen MR) is 46.3 cm³/mol. The second-order valence-corrected chi connectivity index (χ2v) is 4.10. The van der Waals surface area contributed by atoms with Crippen molar-refractivity contribution in [3.8, 4) is 6.07 Å². The van der Waals surface area contributed by atoms with Crippen molar-refractivity contribution < 1.29 is 8.42 Å². The highest BCUT2D eigenvalue weighted by molar-refractivity contribution is 7.94. The molecule has 0 bridgehead atoms. The molecule has 0 saturated heterocycles. The molecule has 0 aliphatic carbocycles. The lowest BCUT2D eigenvalue weighted by molar-refractivity contribution is 0.604. The van der Waals surface area contributed by atoms with Crippen LogP contribution in [0.15, 0.2) is 35.2 Å². The minimum atomic E-state index is -3.43. The normalized spacial score (nSPS) is 10.4. The standard InChI is InChI=1S/C8H6N2O2S/c1-2-13(11,12)8-4-3-7(5-9)10-6-8/h2-4,6H,1H2. The number of aromatic nitrogens is 1. The molecule has 0 radical (unpaired) electrons. The van der Waals surface area contributed by atoms with Crippen molar-refractivity contribution in [1.29, 1.82) is 5.26 Å². The van der Waals surface area contributed by atoms with E-state index in [-0.39, 0.29) is 10.6 Å². The van der Waals surface area contributed by atoms with Gasteiger partial charge in [0, 0.05) is 11.6 Å². The average Bonchev–Trinajstić information content (AvgIpc) is 2.18. The van der Waals surface area contributed by atoms with Crippen LogP contribution in [0, 0.1) is 11.3 Å². The fraction of sp³-hybridized carbons (Fsp3) is 0. The first-order chi connectivity index (χ1) is 6.10. The molecule has 0 aliphatic heterocycles. The first-order valence-corrected chi connectivity index (χ1v) is 4.88. The number of nitriles is 1. The van der Waals surface area contributed by atoms with Gasteiger partial charge in [0.05, 0.1) is 4.90 Å². The lowest BCUT2D eigenvalue weighted by atomic mass is 10.4. The molecule has 0 spiro atoms. The Bertz CT molecular complexity index is 454. The highest BCUT2D eigenvalue weighted by Crippen LogP contribution is 2.09. The fourth-order valence-corrected chi connectivity index (χ4v) is 1.36. The van der Waals surface area contributed by atoms with Crippen molar-refractivity contribution in [3.05, 3.63) is 36.0 Å². The molecule has 1 aromatic heterocycles. The van der Waals surface area contributed by atoms with E-state index in [1.807, 2.05) is 0 Å². The van der Waals surface area contributed by atoms with Crippen LogP contribution in [-0.4, -0.2) is 13.4 Å². The van der Waals surface area contributed by atoms with Crippen LogP contribution in [0.5, 0.6) is 0 Å². The molecule has 1 heterocycles. The van der Waals surface area contributed by atoms with Gasteiger partial charge >= 0.3 is 0 Å². The van der Waals surface area contributed by atoms with Gasteiger partial charge in [-0.25, -0.2) is 13.4 Å². The highest BCUT2D eigenvalue weighted by Gasteiger charge is 2.08. The second kappa shape index (κ2) is 3.37. The van der Waals surface area contributed by atoms with E-state index in [1.165, 1.54) is 12.1 Å². The third-order valence-electron chi connectivity index (χ3n) is 1.40. The molecule has 0 fully saturated rings. The fourth-order valence-electron chi connectivity index (χ4n) is 0.711. The molecule has 0 saturated carbocycles. The first kappa shape index (κ1) is 9.42. The van der Waals surface area contributed by atoms with E-state index in [9.17, 15) is 8.42 Å². The smallest absolute Gasteiger partial charge is 0.200 e. The van der Waals surface area contributed by atoms with Crippen LogP contribution in [0.4, 0.5) is 0 Å². The van der Waals surface area contributed by atoms with Gasteiger partial charge in [-0.05, 0) is 12.1 Å². The number of sulfone groups is 1. The predicted octanol–water partition coefficient (Wildman–Crippen LogP) is 0.870. The molecular formula is C8H6N2O2S. The van der Waals surface area contributed by atoms with Crippen LogP contribution in [0.1, 0.15) is 5.69 Å². The zero-order valence-electron chi connectivity index (χ0n) is 6.64. The maximum Gasteiger partial charge on any atom is 0.200 e. The zero-order valence-corrected chi connectivity index (χ0v) is 7.45. The van der Waals surface area contributed by atoms with Crippen molar-refractivity contribution in [2.24, 2.45) is 0 Å². The quantitative estimate of drug-likeness (QED) is 0.700. The maximum atomic E-state index is 11.2. The summed E-state index contributed by atoms with van der Waals surface area (Å²) in [5.41, 5.74) is 0.183. The van der Waals surface area contributed by atoms with Crippen molar-refractivity contribution >= 4 is 9.84 Å². The van der Waals surface area contributed by atoms with Gasteiger partial charge in [-0.15, -0.1) is 0 Å². The van der Waals surface area contributed by atoms with Crippen LogP contribution in [0.2, 0.25) is 0 Å². The summed E-state index contributed by atoms with van der Waals surface area (Å²) in [7, 11) is -3.43. The molecule has 0 aliphatic rings. The Morgan fingerprint density at radius 1 is 1.54 bits per heavy atom. The summed E-state index contributed by atoms with van der Waals surface area (Å²) < 4.78 is 22.3. The Balaban J connectivity index is 3.23. The lowest BCUT2D eigenvalue weighted by Crippen LogP contribution is -1.96. The third kappa shape index (κ3) is 1.92. The molecule has 0 unspecified atom stereocenters. The second-order valence-electron chi connectivity index (χ2n) is 2.20. The molecule has 4 nitrogen and oxygen atoms in total. The summed E-state index contributed by atoms with van der Waals surface area (Å²) in [6.07, 6.45) is 1.13. The lowest BCUT2D eigenvalue weighted by Gasteiger charge is -1.96. The number of pyridine rings is 1. The van der Waals surface area contributed by atoms with Gasteiger partial charge in [0.15, 0.2) is 0 Å². The van der Waals surface area contributed by atoms with Gasteiger partial charge in [-0.1, -0.05) is 6.58 Å². The Hall–Kier alpha value is -1.67. The third-order valence-corrected chi connectivity index (χ3v) is 2.74. The van der Waals surface area contributed by atoms with Crippen LogP contribution < -0.4 is 0 Å². The van der Waals surface area contributed by atoms with Crippen LogP contribution in [-0.2, 0) is 9.84 Å². The number of hydrogen-bond donors (Lipinski definition) is 0. The van der Waals surface area contributed by atoms with E-state index in [1.54, 1.807) is 6.07 Å². The highest BCUT2D eigenvalue weighted by atomic mass is 32.2. The molecular weight excluding hydrogens is 188 g/mol. The molecule has 0 N–H and O–H groups in total. The Morgan fingerprint density at radius 2 is 2.23 bits per heavy atom. The average molecular weight is 194 g/mol. The topological polar surface area (TPSA) is 70.8 Å². The largest absolute Gasteiger partial charge is 0.244 e. The van der Waals surface area contributed by atoms with Crippen molar-refractivity contribution in [2.75, 3.05) is 0 Å². The molecule has 0 amide bonds. The van der Waals surface area contributed by atoms with Crippen molar-refractivity contribution in [2.45, 2.75) is 4.90 Å². The molecule has 0 aromatic carbocycles. The van der Waals surface area contributed by atoms with Gasteiger partial charge in [0.2, 0.25) is 9.84 Å².